The number of carbonyl (C=O) groups is 1. The molecule has 0 saturated heterocycles. The molecule has 1 saturated carbocycles. The van der Waals surface area contributed by atoms with Gasteiger partial charge in [-0.25, -0.2) is 8.78 Å². The van der Waals surface area contributed by atoms with Gasteiger partial charge in [-0.05, 0) is 93.0 Å². The maximum Gasteiger partial charge on any atom is 0.266 e. The molecule has 1 amide bonds. The number of carbonyl (C=O) groups excluding carboxylic acids is 1. The quantitative estimate of drug-likeness (QED) is 0.218. The van der Waals surface area contributed by atoms with E-state index in [4.69, 9.17) is 16.3 Å². The van der Waals surface area contributed by atoms with Crippen LogP contribution in [0.4, 0.5) is 8.78 Å². The van der Waals surface area contributed by atoms with Crippen LogP contribution in [0.2, 0.25) is 5.02 Å². The van der Waals surface area contributed by atoms with Gasteiger partial charge in [-0.2, -0.15) is 0 Å². The third-order valence-corrected chi connectivity index (χ3v) is 9.68. The Morgan fingerprint density at radius 2 is 1.70 bits per heavy atom. The molecule has 40 heavy (non-hydrogen) atoms. The summed E-state index contributed by atoms with van der Waals surface area (Å²) in [5.74, 6) is -0.224. The van der Waals surface area contributed by atoms with E-state index in [-0.39, 0.29) is 38.5 Å². The zero-order valence-electron chi connectivity index (χ0n) is 23.2. The zero-order chi connectivity index (χ0) is 28.6. The Bertz CT molecular complexity index is 1540. The van der Waals surface area contributed by atoms with E-state index in [0.717, 1.165) is 83.7 Å². The number of methoxy groups -OCH3 is 1. The average molecular weight is 583 g/mol. The number of amides is 1. The van der Waals surface area contributed by atoms with Crippen LogP contribution >= 0.6 is 22.9 Å². The summed E-state index contributed by atoms with van der Waals surface area (Å²) in [4.78, 5) is 20.7. The average Bonchev–Trinajstić information content (AvgIpc) is 3.31. The van der Waals surface area contributed by atoms with E-state index < -0.39 is 11.6 Å². The maximum atomic E-state index is 14.7. The first kappa shape index (κ1) is 28.5. The Kier molecular flexibility index (Phi) is 8.43. The standard InChI is InChI=1S/C32H33ClF2N2O2S/c1-5-20-6-9-24(10-7-20)37(32(38)31-29(33)28-25(34)11-12-26(35)30(28)40-31)17-23-16-21(8-13-27(23)39-4)22-14-18(2)36-19(3)15-22/h8,11-16,20,24H,5-7,9-10,17H2,1-4H3/t20-,24-. The van der Waals surface area contributed by atoms with Crippen LogP contribution in [0.3, 0.4) is 0 Å². The molecule has 0 unspecified atom stereocenters. The number of nitrogens with zero attached hydrogens (tertiary/aromatic N) is 2. The summed E-state index contributed by atoms with van der Waals surface area (Å²) >= 11 is 7.50. The Labute approximate surface area is 242 Å². The van der Waals surface area contributed by atoms with Crippen molar-refractivity contribution in [3.05, 3.63) is 81.0 Å². The summed E-state index contributed by atoms with van der Waals surface area (Å²) in [6, 6.07) is 12.1. The van der Waals surface area contributed by atoms with Crippen molar-refractivity contribution in [1.82, 2.24) is 9.88 Å². The maximum absolute atomic E-state index is 14.7. The van der Waals surface area contributed by atoms with E-state index in [1.54, 1.807) is 7.11 Å². The van der Waals surface area contributed by atoms with Crippen LogP contribution in [-0.2, 0) is 6.54 Å². The molecule has 4 aromatic rings. The molecule has 210 valence electrons. The normalized spacial score (nSPS) is 17.3. The third-order valence-electron chi connectivity index (χ3n) is 8.01. The number of aromatic nitrogens is 1. The summed E-state index contributed by atoms with van der Waals surface area (Å²) in [7, 11) is 1.62. The molecule has 4 nitrogen and oxygen atoms in total. The summed E-state index contributed by atoms with van der Waals surface area (Å²) in [5, 5.41) is -0.0645. The molecular formula is C32H33ClF2N2O2S. The number of hydrogen-bond acceptors (Lipinski definition) is 4. The number of rotatable bonds is 7. The minimum Gasteiger partial charge on any atom is -0.496 e. The first-order valence-corrected chi connectivity index (χ1v) is 14.9. The van der Waals surface area contributed by atoms with Gasteiger partial charge in [-0.3, -0.25) is 9.78 Å². The minimum absolute atomic E-state index is 0.0231. The van der Waals surface area contributed by atoms with E-state index in [0.29, 0.717) is 11.7 Å². The van der Waals surface area contributed by atoms with Crippen LogP contribution in [0.1, 0.15) is 65.7 Å². The van der Waals surface area contributed by atoms with Crippen molar-refractivity contribution in [1.29, 1.82) is 0 Å². The molecule has 0 spiro atoms. The van der Waals surface area contributed by atoms with Crippen molar-refractivity contribution < 1.29 is 18.3 Å². The second kappa shape index (κ2) is 11.8. The predicted molar refractivity (Wildman–Crippen MR) is 158 cm³/mol. The molecule has 2 aromatic heterocycles. The van der Waals surface area contributed by atoms with Gasteiger partial charge in [-0.1, -0.05) is 31.0 Å². The highest BCUT2D eigenvalue weighted by Gasteiger charge is 2.33. The molecule has 2 heterocycles. The Balaban J connectivity index is 1.57. The fraction of sp³-hybridized carbons (Fsp3) is 0.375. The Morgan fingerprint density at radius 3 is 2.33 bits per heavy atom. The van der Waals surface area contributed by atoms with Crippen LogP contribution in [0, 0.1) is 31.4 Å². The number of fused-ring (bicyclic) bond motifs is 1. The number of hydrogen-bond donors (Lipinski definition) is 0. The Hall–Kier alpha value is -3.03. The van der Waals surface area contributed by atoms with Crippen molar-refractivity contribution >= 4 is 38.9 Å². The van der Waals surface area contributed by atoms with Gasteiger partial charge in [0.15, 0.2) is 0 Å². The van der Waals surface area contributed by atoms with E-state index >= 15 is 0 Å². The molecule has 0 N–H and O–H groups in total. The minimum atomic E-state index is -0.635. The largest absolute Gasteiger partial charge is 0.496 e. The van der Waals surface area contributed by atoms with Crippen LogP contribution in [0.15, 0.2) is 42.5 Å². The van der Waals surface area contributed by atoms with E-state index in [1.807, 2.05) is 43.0 Å². The molecule has 2 aromatic carbocycles. The van der Waals surface area contributed by atoms with Crippen molar-refractivity contribution in [2.24, 2.45) is 5.92 Å². The molecule has 0 atom stereocenters. The van der Waals surface area contributed by atoms with Gasteiger partial charge >= 0.3 is 0 Å². The summed E-state index contributed by atoms with van der Waals surface area (Å²) in [6.45, 7) is 6.42. The second-order valence-electron chi connectivity index (χ2n) is 10.7. The SMILES string of the molecule is CC[C@H]1CC[C@H](N(Cc2cc(-c3cc(C)nc(C)c3)ccc2OC)C(=O)c2sc3c(F)ccc(F)c3c2Cl)CC1. The molecule has 5 rings (SSSR count). The highest BCUT2D eigenvalue weighted by atomic mass is 35.5. The lowest BCUT2D eigenvalue weighted by atomic mass is 9.83. The molecule has 8 heteroatoms. The number of benzene rings is 2. The zero-order valence-corrected chi connectivity index (χ0v) is 24.8. The first-order valence-electron chi connectivity index (χ1n) is 13.7. The smallest absolute Gasteiger partial charge is 0.266 e. The molecule has 0 radical (unpaired) electrons. The van der Waals surface area contributed by atoms with Gasteiger partial charge in [0, 0.05) is 29.5 Å². The van der Waals surface area contributed by atoms with Gasteiger partial charge in [0.05, 0.1) is 22.2 Å². The van der Waals surface area contributed by atoms with E-state index in [1.165, 1.54) is 0 Å². The van der Waals surface area contributed by atoms with Crippen molar-refractivity contribution in [3.63, 3.8) is 0 Å². The molecular weight excluding hydrogens is 550 g/mol. The molecule has 0 bridgehead atoms. The fourth-order valence-electron chi connectivity index (χ4n) is 5.86. The number of aryl methyl sites for hydroxylation is 2. The van der Waals surface area contributed by atoms with E-state index in [9.17, 15) is 13.6 Å². The monoisotopic (exact) mass is 582 g/mol. The second-order valence-corrected chi connectivity index (χ2v) is 12.1. The van der Waals surface area contributed by atoms with Crippen LogP contribution < -0.4 is 4.74 Å². The number of pyridine rings is 1. The fourth-order valence-corrected chi connectivity index (χ4v) is 7.37. The summed E-state index contributed by atoms with van der Waals surface area (Å²) in [5.41, 5.74) is 4.74. The van der Waals surface area contributed by atoms with Crippen LogP contribution in [-0.4, -0.2) is 28.9 Å². The van der Waals surface area contributed by atoms with Gasteiger partial charge < -0.3 is 9.64 Å². The number of halogens is 3. The van der Waals surface area contributed by atoms with Gasteiger partial charge in [0.2, 0.25) is 0 Å². The van der Waals surface area contributed by atoms with Crippen LogP contribution in [0.5, 0.6) is 5.75 Å². The lowest BCUT2D eigenvalue weighted by molar-refractivity contribution is 0.0591. The van der Waals surface area contributed by atoms with Crippen molar-refractivity contribution in [2.75, 3.05) is 7.11 Å². The van der Waals surface area contributed by atoms with E-state index in [2.05, 4.69) is 18.0 Å². The number of ether oxygens (including phenoxy) is 1. The highest BCUT2D eigenvalue weighted by Crippen LogP contribution is 2.41. The summed E-state index contributed by atoms with van der Waals surface area (Å²) in [6.07, 6.45) is 4.89. The lowest BCUT2D eigenvalue weighted by Gasteiger charge is -2.37. The summed E-state index contributed by atoms with van der Waals surface area (Å²) < 4.78 is 35.1. The van der Waals surface area contributed by atoms with Crippen molar-refractivity contribution in [3.8, 4) is 16.9 Å². The van der Waals surface area contributed by atoms with Crippen LogP contribution in [0.25, 0.3) is 21.2 Å². The molecule has 0 aliphatic heterocycles. The van der Waals surface area contributed by atoms with Crippen molar-refractivity contribution in [2.45, 2.75) is 65.5 Å². The molecule has 1 aliphatic carbocycles. The lowest BCUT2D eigenvalue weighted by Crippen LogP contribution is -2.41. The van der Waals surface area contributed by atoms with Gasteiger partial charge in [-0.15, -0.1) is 11.3 Å². The predicted octanol–water partition coefficient (Wildman–Crippen LogP) is 9.13. The molecule has 1 aliphatic rings. The Morgan fingerprint density at radius 1 is 1.02 bits per heavy atom. The third kappa shape index (κ3) is 5.59. The topological polar surface area (TPSA) is 42.4 Å². The number of thiophene rings is 1. The molecule has 1 fully saturated rings. The highest BCUT2D eigenvalue weighted by molar-refractivity contribution is 7.21. The first-order chi connectivity index (χ1) is 19.2. The van der Waals surface area contributed by atoms with Gasteiger partial charge in [0.25, 0.3) is 5.91 Å². The van der Waals surface area contributed by atoms with Gasteiger partial charge in [0.1, 0.15) is 22.3 Å².